The zero-order valence-corrected chi connectivity index (χ0v) is 29.3. The summed E-state index contributed by atoms with van der Waals surface area (Å²) in [5.41, 5.74) is 16.4. The van der Waals surface area contributed by atoms with Gasteiger partial charge in [0.25, 0.3) is 0 Å². The van der Waals surface area contributed by atoms with E-state index in [1.807, 2.05) is 0 Å². The Kier molecular flexibility index (Phi) is 6.91. The molecule has 0 atom stereocenters. The Morgan fingerprint density at radius 1 is 0.404 bits per heavy atom. The minimum Gasteiger partial charge on any atom is -0.309 e. The molecule has 1 aliphatic carbocycles. The van der Waals surface area contributed by atoms with Crippen LogP contribution in [-0.2, 0) is 5.41 Å². The van der Waals surface area contributed by atoms with Gasteiger partial charge in [-0.1, -0.05) is 159 Å². The van der Waals surface area contributed by atoms with Crippen LogP contribution in [0.1, 0.15) is 36.1 Å². The van der Waals surface area contributed by atoms with Gasteiger partial charge in [-0.2, -0.15) is 0 Å². The highest BCUT2D eigenvalue weighted by molar-refractivity contribution is 6.09. The van der Waals surface area contributed by atoms with Crippen molar-refractivity contribution in [2.75, 3.05) is 0 Å². The lowest BCUT2D eigenvalue weighted by atomic mass is 9.81. The van der Waals surface area contributed by atoms with Crippen LogP contribution >= 0.6 is 0 Å². The Morgan fingerprint density at radius 3 is 1.50 bits per heavy atom. The number of fused-ring (bicyclic) bond motifs is 7. The summed E-state index contributed by atoms with van der Waals surface area (Å²) in [6, 6.07) is 64.6. The molecule has 0 N–H and O–H groups in total. The second-order valence-corrected chi connectivity index (χ2v) is 14.6. The third-order valence-electron chi connectivity index (χ3n) is 11.2. The first-order valence-corrected chi connectivity index (χ1v) is 18.2. The van der Waals surface area contributed by atoms with Crippen molar-refractivity contribution < 1.29 is 0 Å². The Hall–Kier alpha value is -6.44. The SMILES string of the molecule is CC1(C)c2cc(-c3ccc(C=Cc4ccc5ccccc5c4)cc3)ccc2-c2ccc(-c3ccc(-n4c5ccccc5c5ccccc54)cc3)cc21. The van der Waals surface area contributed by atoms with Gasteiger partial charge in [-0.15, -0.1) is 0 Å². The van der Waals surface area contributed by atoms with E-state index in [9.17, 15) is 0 Å². The number of aromatic nitrogens is 1. The number of hydrogen-bond acceptors (Lipinski definition) is 0. The highest BCUT2D eigenvalue weighted by Crippen LogP contribution is 2.50. The summed E-state index contributed by atoms with van der Waals surface area (Å²) in [4.78, 5) is 0. The van der Waals surface area contributed by atoms with Gasteiger partial charge in [-0.25, -0.2) is 0 Å². The molecule has 0 amide bonds. The van der Waals surface area contributed by atoms with Crippen molar-refractivity contribution >= 4 is 44.7 Å². The molecule has 1 aromatic heterocycles. The van der Waals surface area contributed by atoms with Crippen molar-refractivity contribution in [1.29, 1.82) is 0 Å². The third kappa shape index (κ3) is 4.93. The van der Waals surface area contributed by atoms with Crippen molar-refractivity contribution in [2.24, 2.45) is 0 Å². The zero-order valence-electron chi connectivity index (χ0n) is 29.3. The predicted molar refractivity (Wildman–Crippen MR) is 222 cm³/mol. The predicted octanol–water partition coefficient (Wildman–Crippen LogP) is 13.7. The van der Waals surface area contributed by atoms with Crippen molar-refractivity contribution in [1.82, 2.24) is 4.57 Å². The first kappa shape index (κ1) is 30.4. The molecule has 0 saturated carbocycles. The maximum atomic E-state index is 2.42. The van der Waals surface area contributed by atoms with E-state index in [1.54, 1.807) is 0 Å². The molecule has 1 heterocycles. The van der Waals surface area contributed by atoms with E-state index in [-0.39, 0.29) is 5.41 Å². The van der Waals surface area contributed by atoms with Gasteiger partial charge >= 0.3 is 0 Å². The second-order valence-electron chi connectivity index (χ2n) is 14.6. The Labute approximate surface area is 304 Å². The van der Waals surface area contributed by atoms with Gasteiger partial charge in [-0.05, 0) is 109 Å². The number of para-hydroxylation sites is 2. The standard InChI is InChI=1S/C51H37N/c1-51(2)47-32-40(37-20-17-34(18-21-37)15-16-35-19-22-36-9-3-4-10-39(36)31-35)25-29-43(47)44-30-26-41(33-48(44)51)38-23-27-42(28-24-38)52-49-13-7-5-11-45(49)46-12-6-8-14-50(46)52/h3-33H,1-2H3. The van der Waals surface area contributed by atoms with Gasteiger partial charge in [0.1, 0.15) is 0 Å². The van der Waals surface area contributed by atoms with Crippen LogP contribution in [0.15, 0.2) is 176 Å². The number of benzene rings is 8. The van der Waals surface area contributed by atoms with Gasteiger partial charge in [0.05, 0.1) is 11.0 Å². The molecule has 246 valence electrons. The van der Waals surface area contributed by atoms with Gasteiger partial charge in [0.15, 0.2) is 0 Å². The average molecular weight is 664 g/mol. The van der Waals surface area contributed by atoms with Crippen LogP contribution < -0.4 is 0 Å². The normalized spacial score (nSPS) is 13.3. The average Bonchev–Trinajstić information content (AvgIpc) is 3.65. The molecule has 0 fully saturated rings. The number of nitrogens with zero attached hydrogens (tertiary/aromatic N) is 1. The van der Waals surface area contributed by atoms with E-state index in [1.165, 1.54) is 93.9 Å². The van der Waals surface area contributed by atoms with E-state index in [0.29, 0.717) is 0 Å². The molecule has 52 heavy (non-hydrogen) atoms. The molecule has 10 rings (SSSR count). The van der Waals surface area contributed by atoms with E-state index in [4.69, 9.17) is 0 Å². The van der Waals surface area contributed by atoms with Crippen molar-refractivity contribution in [3.05, 3.63) is 198 Å². The number of rotatable bonds is 5. The molecule has 1 aliphatic rings. The summed E-state index contributed by atoms with van der Waals surface area (Å²) in [5, 5.41) is 5.11. The second kappa shape index (κ2) is 11.8. The smallest absolute Gasteiger partial charge is 0.0541 e. The van der Waals surface area contributed by atoms with E-state index in [2.05, 4.69) is 206 Å². The van der Waals surface area contributed by atoms with Crippen LogP contribution in [0.3, 0.4) is 0 Å². The van der Waals surface area contributed by atoms with Gasteiger partial charge < -0.3 is 4.57 Å². The summed E-state index contributed by atoms with van der Waals surface area (Å²) in [5.74, 6) is 0. The third-order valence-corrected chi connectivity index (χ3v) is 11.2. The van der Waals surface area contributed by atoms with Crippen LogP contribution in [0.5, 0.6) is 0 Å². The molecule has 0 radical (unpaired) electrons. The van der Waals surface area contributed by atoms with Crippen molar-refractivity contribution in [3.8, 4) is 39.1 Å². The first-order valence-electron chi connectivity index (χ1n) is 18.2. The lowest BCUT2D eigenvalue weighted by molar-refractivity contribution is 0.661. The fraction of sp³-hybridized carbons (Fsp3) is 0.0588. The van der Waals surface area contributed by atoms with Crippen molar-refractivity contribution in [3.63, 3.8) is 0 Å². The summed E-state index contributed by atoms with van der Waals surface area (Å²) < 4.78 is 2.38. The molecule has 0 saturated heterocycles. The molecule has 0 aliphatic heterocycles. The minimum absolute atomic E-state index is 0.109. The largest absolute Gasteiger partial charge is 0.309 e. The fourth-order valence-corrected chi connectivity index (χ4v) is 8.39. The summed E-state index contributed by atoms with van der Waals surface area (Å²) in [6.07, 6.45) is 4.40. The van der Waals surface area contributed by atoms with Gasteiger partial charge in [0.2, 0.25) is 0 Å². The Balaban J connectivity index is 0.921. The van der Waals surface area contributed by atoms with E-state index < -0.39 is 0 Å². The fourth-order valence-electron chi connectivity index (χ4n) is 8.39. The molecule has 8 aromatic carbocycles. The maximum Gasteiger partial charge on any atom is 0.0541 e. The van der Waals surface area contributed by atoms with Crippen LogP contribution in [0, 0.1) is 0 Å². The Morgan fingerprint density at radius 2 is 0.885 bits per heavy atom. The molecule has 9 aromatic rings. The molecule has 1 heteroatoms. The van der Waals surface area contributed by atoms with E-state index in [0.717, 1.165) is 0 Å². The number of hydrogen-bond donors (Lipinski definition) is 0. The summed E-state index contributed by atoms with van der Waals surface area (Å²) in [7, 11) is 0. The summed E-state index contributed by atoms with van der Waals surface area (Å²) >= 11 is 0. The highest BCUT2D eigenvalue weighted by atomic mass is 15.0. The van der Waals surface area contributed by atoms with Crippen LogP contribution in [-0.4, -0.2) is 4.57 Å². The first-order chi connectivity index (χ1) is 25.5. The minimum atomic E-state index is -0.109. The maximum absolute atomic E-state index is 2.42. The molecule has 0 unspecified atom stereocenters. The lowest BCUT2D eigenvalue weighted by Crippen LogP contribution is -2.15. The van der Waals surface area contributed by atoms with Gasteiger partial charge in [-0.3, -0.25) is 0 Å². The van der Waals surface area contributed by atoms with Crippen LogP contribution in [0.4, 0.5) is 0 Å². The topological polar surface area (TPSA) is 4.93 Å². The van der Waals surface area contributed by atoms with Crippen molar-refractivity contribution in [2.45, 2.75) is 19.3 Å². The molecular weight excluding hydrogens is 627 g/mol. The molecule has 1 nitrogen and oxygen atoms in total. The highest BCUT2D eigenvalue weighted by Gasteiger charge is 2.35. The van der Waals surface area contributed by atoms with Gasteiger partial charge in [0, 0.05) is 21.9 Å². The molecule has 0 bridgehead atoms. The quantitative estimate of drug-likeness (QED) is 0.162. The van der Waals surface area contributed by atoms with Crippen LogP contribution in [0.2, 0.25) is 0 Å². The van der Waals surface area contributed by atoms with Crippen LogP contribution in [0.25, 0.3) is 83.8 Å². The Bertz CT molecular complexity index is 2790. The monoisotopic (exact) mass is 663 g/mol. The lowest BCUT2D eigenvalue weighted by Gasteiger charge is -2.22. The summed E-state index contributed by atoms with van der Waals surface area (Å²) in [6.45, 7) is 4.74. The molecule has 0 spiro atoms. The zero-order chi connectivity index (χ0) is 34.8. The molecular formula is C51H37N. The van der Waals surface area contributed by atoms with E-state index >= 15 is 0 Å².